The number of hydrogen-bond donors (Lipinski definition) is 0. The summed E-state index contributed by atoms with van der Waals surface area (Å²) in [7, 11) is 1.61. The van der Waals surface area contributed by atoms with E-state index in [1.165, 1.54) is 31.7 Å². The van der Waals surface area contributed by atoms with Crippen molar-refractivity contribution in [3.05, 3.63) is 66.1 Å². The molecule has 3 fully saturated rings. The SMILES string of the molecule is COc1cccc(N(C(=O)c2cnc(N3CCC4CCCCC4C3)nc2-c2ccccc2F)C2CCOCC2)c1. The summed E-state index contributed by atoms with van der Waals surface area (Å²) in [5, 5.41) is 0. The van der Waals surface area contributed by atoms with Gasteiger partial charge < -0.3 is 19.3 Å². The van der Waals surface area contributed by atoms with Gasteiger partial charge in [0.2, 0.25) is 5.95 Å². The number of amides is 1. The number of halogens is 1. The van der Waals surface area contributed by atoms with E-state index in [0.29, 0.717) is 54.9 Å². The van der Waals surface area contributed by atoms with Crippen LogP contribution in [0, 0.1) is 17.7 Å². The van der Waals surface area contributed by atoms with E-state index in [0.717, 1.165) is 31.1 Å². The first-order chi connectivity index (χ1) is 19.6. The summed E-state index contributed by atoms with van der Waals surface area (Å²) in [6.07, 6.45) is 9.26. The van der Waals surface area contributed by atoms with Crippen molar-refractivity contribution in [2.75, 3.05) is 43.2 Å². The van der Waals surface area contributed by atoms with Gasteiger partial charge in [-0.3, -0.25) is 4.79 Å². The van der Waals surface area contributed by atoms with Gasteiger partial charge in [-0.05, 0) is 61.8 Å². The fraction of sp³-hybridized carbons (Fsp3) is 0.469. The first kappa shape index (κ1) is 26.7. The monoisotopic (exact) mass is 544 g/mol. The molecule has 1 aliphatic carbocycles. The van der Waals surface area contributed by atoms with Crippen molar-refractivity contribution in [2.45, 2.75) is 51.0 Å². The van der Waals surface area contributed by atoms with Gasteiger partial charge in [0, 0.05) is 55.9 Å². The van der Waals surface area contributed by atoms with Crippen LogP contribution in [0.1, 0.15) is 55.3 Å². The third kappa shape index (κ3) is 5.42. The van der Waals surface area contributed by atoms with E-state index in [-0.39, 0.29) is 17.5 Å². The van der Waals surface area contributed by atoms with Crippen LogP contribution in [-0.2, 0) is 4.74 Å². The molecule has 1 aromatic heterocycles. The average molecular weight is 545 g/mol. The van der Waals surface area contributed by atoms with E-state index in [4.69, 9.17) is 19.4 Å². The van der Waals surface area contributed by atoms with Crippen LogP contribution in [0.15, 0.2) is 54.7 Å². The number of anilines is 2. The summed E-state index contributed by atoms with van der Waals surface area (Å²) in [4.78, 5) is 28.1. The van der Waals surface area contributed by atoms with Crippen molar-refractivity contribution >= 4 is 17.5 Å². The summed E-state index contributed by atoms with van der Waals surface area (Å²) in [5.41, 5.74) is 1.65. The fourth-order valence-electron chi connectivity index (χ4n) is 6.65. The molecule has 40 heavy (non-hydrogen) atoms. The topological polar surface area (TPSA) is 67.8 Å². The second-order valence-electron chi connectivity index (χ2n) is 11.2. The van der Waals surface area contributed by atoms with E-state index in [2.05, 4.69) is 4.90 Å². The first-order valence-corrected chi connectivity index (χ1v) is 14.5. The van der Waals surface area contributed by atoms with Gasteiger partial charge in [0.25, 0.3) is 5.91 Å². The molecule has 3 aromatic rings. The Morgan fingerprint density at radius 2 is 1.82 bits per heavy atom. The lowest BCUT2D eigenvalue weighted by Crippen LogP contribution is -2.44. The van der Waals surface area contributed by atoms with Crippen LogP contribution in [0.2, 0.25) is 0 Å². The number of fused-ring (bicyclic) bond motifs is 1. The Balaban J connectivity index is 1.41. The van der Waals surface area contributed by atoms with Gasteiger partial charge in [-0.15, -0.1) is 0 Å². The van der Waals surface area contributed by atoms with Gasteiger partial charge in [-0.1, -0.05) is 37.5 Å². The lowest BCUT2D eigenvalue weighted by Gasteiger charge is -2.41. The van der Waals surface area contributed by atoms with Crippen molar-refractivity contribution < 1.29 is 18.7 Å². The Hall–Kier alpha value is -3.52. The van der Waals surface area contributed by atoms with Crippen LogP contribution >= 0.6 is 0 Å². The summed E-state index contributed by atoms with van der Waals surface area (Å²) in [6, 6.07) is 14.0. The lowest BCUT2D eigenvalue weighted by atomic mass is 9.75. The molecule has 2 unspecified atom stereocenters. The predicted molar refractivity (Wildman–Crippen MR) is 153 cm³/mol. The molecule has 8 heteroatoms. The summed E-state index contributed by atoms with van der Waals surface area (Å²) >= 11 is 0. The molecule has 2 atom stereocenters. The molecule has 210 valence electrons. The highest BCUT2D eigenvalue weighted by Gasteiger charge is 2.34. The maximum absolute atomic E-state index is 15.3. The molecule has 2 aliphatic heterocycles. The Morgan fingerprint density at radius 3 is 2.62 bits per heavy atom. The van der Waals surface area contributed by atoms with Gasteiger partial charge in [-0.25, -0.2) is 14.4 Å². The highest BCUT2D eigenvalue weighted by atomic mass is 19.1. The summed E-state index contributed by atoms with van der Waals surface area (Å²) in [5.74, 6) is 1.98. The summed E-state index contributed by atoms with van der Waals surface area (Å²) in [6.45, 7) is 2.94. The molecular weight excluding hydrogens is 507 g/mol. The maximum Gasteiger partial charge on any atom is 0.262 e. The maximum atomic E-state index is 15.3. The zero-order valence-electron chi connectivity index (χ0n) is 23.1. The van der Waals surface area contributed by atoms with E-state index in [9.17, 15) is 4.79 Å². The number of carbonyl (C=O) groups is 1. The zero-order chi connectivity index (χ0) is 27.5. The van der Waals surface area contributed by atoms with Gasteiger partial charge >= 0.3 is 0 Å². The highest BCUT2D eigenvalue weighted by molar-refractivity contribution is 6.10. The largest absolute Gasteiger partial charge is 0.497 e. The smallest absolute Gasteiger partial charge is 0.262 e. The molecule has 2 saturated heterocycles. The molecule has 1 amide bonds. The minimum atomic E-state index is -0.411. The van der Waals surface area contributed by atoms with Crippen LogP contribution in [0.4, 0.5) is 16.0 Å². The second kappa shape index (κ2) is 11.9. The molecular formula is C32H37FN4O3. The number of aromatic nitrogens is 2. The van der Waals surface area contributed by atoms with Crippen molar-refractivity contribution in [3.8, 4) is 17.0 Å². The predicted octanol–water partition coefficient (Wildman–Crippen LogP) is 6.13. The zero-order valence-corrected chi connectivity index (χ0v) is 23.1. The average Bonchev–Trinajstić information content (AvgIpc) is 3.01. The van der Waals surface area contributed by atoms with Crippen molar-refractivity contribution in [2.24, 2.45) is 11.8 Å². The number of carbonyl (C=O) groups excluding carboxylic acids is 1. The number of benzene rings is 2. The van der Waals surface area contributed by atoms with E-state index >= 15 is 4.39 Å². The molecule has 7 nitrogen and oxygen atoms in total. The molecule has 3 heterocycles. The molecule has 0 radical (unpaired) electrons. The molecule has 0 spiro atoms. The lowest BCUT2D eigenvalue weighted by molar-refractivity contribution is 0.0772. The standard InChI is InChI=1S/C32H37FN4O3/c1-39-26-10-6-9-25(19-26)37(24-14-17-40-18-15-24)31(38)28-20-34-32(35-30(28)27-11-4-5-12-29(27)33)36-16-13-22-7-2-3-8-23(22)21-36/h4-6,9-12,19-20,22-24H,2-3,7-8,13-18,21H2,1H3. The molecule has 2 aromatic carbocycles. The molecule has 6 rings (SSSR count). The van der Waals surface area contributed by atoms with E-state index in [1.807, 2.05) is 24.3 Å². The number of methoxy groups -OCH3 is 1. The van der Waals surface area contributed by atoms with Crippen LogP contribution < -0.4 is 14.5 Å². The van der Waals surface area contributed by atoms with E-state index in [1.54, 1.807) is 36.4 Å². The molecule has 0 N–H and O–H groups in total. The number of piperidine rings is 1. The Kier molecular flexibility index (Phi) is 7.96. The van der Waals surface area contributed by atoms with Gasteiger partial charge in [0.1, 0.15) is 11.6 Å². The second-order valence-corrected chi connectivity index (χ2v) is 11.2. The van der Waals surface area contributed by atoms with Crippen LogP contribution in [0.5, 0.6) is 5.75 Å². The Morgan fingerprint density at radius 1 is 1.02 bits per heavy atom. The highest BCUT2D eigenvalue weighted by Crippen LogP contribution is 2.38. The molecule has 1 saturated carbocycles. The third-order valence-corrected chi connectivity index (χ3v) is 8.82. The number of rotatable bonds is 6. The number of nitrogens with zero attached hydrogens (tertiary/aromatic N) is 4. The Labute approximate surface area is 235 Å². The van der Waals surface area contributed by atoms with Gasteiger partial charge in [0.15, 0.2) is 0 Å². The minimum Gasteiger partial charge on any atom is -0.497 e. The number of hydrogen-bond acceptors (Lipinski definition) is 6. The van der Waals surface area contributed by atoms with Crippen molar-refractivity contribution in [1.82, 2.24) is 9.97 Å². The van der Waals surface area contributed by atoms with Crippen molar-refractivity contribution in [3.63, 3.8) is 0 Å². The minimum absolute atomic E-state index is 0.0770. The van der Waals surface area contributed by atoms with Crippen LogP contribution in [0.3, 0.4) is 0 Å². The van der Waals surface area contributed by atoms with E-state index < -0.39 is 5.82 Å². The van der Waals surface area contributed by atoms with Gasteiger partial charge in [0.05, 0.1) is 18.4 Å². The molecule has 3 aliphatic rings. The third-order valence-electron chi connectivity index (χ3n) is 8.82. The van der Waals surface area contributed by atoms with Crippen molar-refractivity contribution in [1.29, 1.82) is 0 Å². The normalized spacial score (nSPS) is 21.5. The quantitative estimate of drug-likeness (QED) is 0.372. The fourth-order valence-corrected chi connectivity index (χ4v) is 6.65. The first-order valence-electron chi connectivity index (χ1n) is 14.5. The van der Waals surface area contributed by atoms with Gasteiger partial charge in [-0.2, -0.15) is 0 Å². The molecule has 0 bridgehead atoms. The number of ether oxygens (including phenoxy) is 2. The van der Waals surface area contributed by atoms with Crippen LogP contribution in [0.25, 0.3) is 11.3 Å². The van der Waals surface area contributed by atoms with Crippen LogP contribution in [-0.4, -0.2) is 55.3 Å². The Bertz CT molecular complexity index is 1350. The summed E-state index contributed by atoms with van der Waals surface area (Å²) < 4.78 is 26.3.